The Morgan fingerprint density at radius 2 is 1.89 bits per heavy atom. The molecule has 1 N–H and O–H groups in total. The summed E-state index contributed by atoms with van der Waals surface area (Å²) in [6.07, 6.45) is -1.89. The van der Waals surface area contributed by atoms with Crippen LogP contribution in [0.3, 0.4) is 0 Å². The third-order valence-corrected chi connectivity index (χ3v) is 7.20. The lowest BCUT2D eigenvalue weighted by Gasteiger charge is -2.22. The lowest BCUT2D eigenvalue weighted by Crippen LogP contribution is -2.33. The molecule has 4 aromatic rings. The van der Waals surface area contributed by atoms with Gasteiger partial charge in [0, 0.05) is 17.8 Å². The van der Waals surface area contributed by atoms with Gasteiger partial charge >= 0.3 is 12.4 Å². The fraction of sp³-hybridized carbons (Fsp3) is 0.241. The molecule has 3 heterocycles. The second kappa shape index (κ2) is 12.8. The summed E-state index contributed by atoms with van der Waals surface area (Å²) in [5.74, 6) is 0.395. The monoisotopic (exact) mass is 625 g/mol. The van der Waals surface area contributed by atoms with E-state index in [9.17, 15) is 22.8 Å². The maximum atomic E-state index is 12.7. The molecule has 5 rings (SSSR count). The van der Waals surface area contributed by atoms with Crippen LogP contribution in [0.2, 0.25) is 0 Å². The smallest absolute Gasteiger partial charge is 0.456 e. The minimum Gasteiger partial charge on any atom is -0.456 e. The SMILES string of the molecule is Cc1ccc(C(C)C)c(N2C(=O)CSC2=NC(=O)NCOc2ccc(-c3ncn(-c4ccc(OC(F)(F)F)cc4)n3)cn2)c1. The first kappa shape index (κ1) is 30.5. The topological polar surface area (TPSA) is 124 Å². The number of benzene rings is 2. The molecule has 1 aliphatic rings. The lowest BCUT2D eigenvalue weighted by atomic mass is 9.99. The lowest BCUT2D eigenvalue weighted by molar-refractivity contribution is -0.274. The molecule has 1 aliphatic heterocycles. The third kappa shape index (κ3) is 7.34. The molecular formula is C29H26F3N7O4S. The number of aromatic nitrogens is 4. The zero-order chi connectivity index (χ0) is 31.4. The van der Waals surface area contributed by atoms with Crippen molar-refractivity contribution in [1.82, 2.24) is 25.1 Å². The van der Waals surface area contributed by atoms with E-state index in [-0.39, 0.29) is 35.9 Å². The van der Waals surface area contributed by atoms with Crippen LogP contribution >= 0.6 is 11.8 Å². The second-order valence-electron chi connectivity index (χ2n) is 9.84. The van der Waals surface area contributed by atoms with Gasteiger partial charge in [0.05, 0.1) is 17.1 Å². The first-order valence-electron chi connectivity index (χ1n) is 13.3. The molecule has 0 atom stereocenters. The molecule has 15 heteroatoms. The van der Waals surface area contributed by atoms with Crippen LogP contribution in [0.4, 0.5) is 23.7 Å². The van der Waals surface area contributed by atoms with Crippen LogP contribution in [0.25, 0.3) is 17.1 Å². The van der Waals surface area contributed by atoms with Crippen molar-refractivity contribution in [2.45, 2.75) is 33.1 Å². The summed E-state index contributed by atoms with van der Waals surface area (Å²) >= 11 is 1.19. The number of amidine groups is 1. The van der Waals surface area contributed by atoms with Crippen molar-refractivity contribution >= 4 is 34.6 Å². The molecule has 0 saturated carbocycles. The Morgan fingerprint density at radius 1 is 1.11 bits per heavy atom. The van der Waals surface area contributed by atoms with E-state index in [1.807, 2.05) is 39.0 Å². The highest BCUT2D eigenvalue weighted by Crippen LogP contribution is 2.34. The van der Waals surface area contributed by atoms with Gasteiger partial charge in [-0.25, -0.2) is 19.4 Å². The van der Waals surface area contributed by atoms with Gasteiger partial charge in [-0.1, -0.05) is 37.7 Å². The summed E-state index contributed by atoms with van der Waals surface area (Å²) in [7, 11) is 0. The highest BCUT2D eigenvalue weighted by Gasteiger charge is 2.33. The zero-order valence-electron chi connectivity index (χ0n) is 23.7. The van der Waals surface area contributed by atoms with Crippen LogP contribution in [0, 0.1) is 6.92 Å². The van der Waals surface area contributed by atoms with E-state index in [2.05, 4.69) is 30.1 Å². The van der Waals surface area contributed by atoms with E-state index in [0.29, 0.717) is 22.2 Å². The number of nitrogens with one attached hydrogen (secondary N) is 1. The summed E-state index contributed by atoms with van der Waals surface area (Å²) in [6.45, 7) is 5.79. The predicted octanol–water partition coefficient (Wildman–Crippen LogP) is 5.84. The van der Waals surface area contributed by atoms with Crippen molar-refractivity contribution in [2.24, 2.45) is 4.99 Å². The van der Waals surface area contributed by atoms with Gasteiger partial charge in [-0.2, -0.15) is 4.99 Å². The molecule has 2 aromatic heterocycles. The molecule has 0 spiro atoms. The first-order chi connectivity index (χ1) is 21.0. The van der Waals surface area contributed by atoms with Gasteiger partial charge in [-0.15, -0.1) is 18.3 Å². The Kier molecular flexibility index (Phi) is 8.85. The maximum absolute atomic E-state index is 12.7. The molecule has 1 fully saturated rings. The number of amides is 3. The molecule has 0 aliphatic carbocycles. The molecule has 1 saturated heterocycles. The summed E-state index contributed by atoms with van der Waals surface area (Å²) in [5.41, 5.74) is 3.72. The molecule has 0 bridgehead atoms. The number of pyridine rings is 1. The van der Waals surface area contributed by atoms with Crippen LogP contribution in [0.5, 0.6) is 11.6 Å². The Morgan fingerprint density at radius 3 is 2.57 bits per heavy atom. The quantitative estimate of drug-likeness (QED) is 0.242. The van der Waals surface area contributed by atoms with Crippen molar-refractivity contribution in [3.63, 3.8) is 0 Å². The summed E-state index contributed by atoms with van der Waals surface area (Å²) in [6, 6.07) is 13.6. The van der Waals surface area contributed by atoms with E-state index in [1.54, 1.807) is 12.1 Å². The van der Waals surface area contributed by atoms with Gasteiger partial charge in [0.2, 0.25) is 11.8 Å². The number of ether oxygens (including phenoxy) is 2. The fourth-order valence-electron chi connectivity index (χ4n) is 4.23. The summed E-state index contributed by atoms with van der Waals surface area (Å²) < 4.78 is 47.9. The Hall–Kier alpha value is -4.92. The van der Waals surface area contributed by atoms with Crippen molar-refractivity contribution in [1.29, 1.82) is 0 Å². The molecular weight excluding hydrogens is 599 g/mol. The number of hydrogen-bond acceptors (Lipinski definition) is 8. The normalized spacial score (nSPS) is 14.4. The number of urea groups is 1. The van der Waals surface area contributed by atoms with Crippen LogP contribution in [-0.4, -0.2) is 55.7 Å². The number of hydrogen-bond donors (Lipinski definition) is 1. The largest absolute Gasteiger partial charge is 0.573 e. The third-order valence-electron chi connectivity index (χ3n) is 6.28. The van der Waals surface area contributed by atoms with Crippen LogP contribution in [0.1, 0.15) is 30.9 Å². The van der Waals surface area contributed by atoms with Gasteiger partial charge < -0.3 is 14.8 Å². The molecule has 0 radical (unpaired) electrons. The number of halogens is 3. The van der Waals surface area contributed by atoms with Crippen LogP contribution < -0.4 is 19.7 Å². The number of carbonyl (C=O) groups is 2. The Balaban J connectivity index is 1.17. The summed E-state index contributed by atoms with van der Waals surface area (Å²) in [5, 5.41) is 7.16. The molecule has 44 heavy (non-hydrogen) atoms. The molecule has 2 aromatic carbocycles. The molecule has 11 nitrogen and oxygen atoms in total. The average Bonchev–Trinajstić information content (AvgIpc) is 3.60. The minimum absolute atomic E-state index is 0.151. The van der Waals surface area contributed by atoms with E-state index in [1.165, 1.54) is 58.1 Å². The maximum Gasteiger partial charge on any atom is 0.573 e. The van der Waals surface area contributed by atoms with Gasteiger partial charge in [0.15, 0.2) is 17.7 Å². The number of nitrogens with zero attached hydrogens (tertiary/aromatic N) is 6. The number of aryl methyl sites for hydroxylation is 1. The van der Waals surface area contributed by atoms with Crippen molar-refractivity contribution in [2.75, 3.05) is 17.4 Å². The number of thioether (sulfide) groups is 1. The number of anilines is 1. The first-order valence-corrected chi connectivity index (χ1v) is 14.3. The Labute approximate surface area is 254 Å². The van der Waals surface area contributed by atoms with E-state index in [0.717, 1.165) is 16.8 Å². The fourth-order valence-corrected chi connectivity index (χ4v) is 5.09. The molecule has 3 amide bonds. The van der Waals surface area contributed by atoms with Crippen molar-refractivity contribution in [3.05, 3.63) is 78.2 Å². The predicted molar refractivity (Wildman–Crippen MR) is 158 cm³/mol. The summed E-state index contributed by atoms with van der Waals surface area (Å²) in [4.78, 5) is 39.3. The van der Waals surface area contributed by atoms with E-state index in [4.69, 9.17) is 4.74 Å². The minimum atomic E-state index is -4.77. The number of alkyl halides is 3. The standard InChI is InChI=1S/C29H26F3N7O4S/c1-17(2)22-10-4-18(3)12-23(22)39-25(40)14-44-28(39)36-27(41)35-16-42-24-11-5-19(13-33-24)26-34-15-38(37-26)20-6-8-21(9-7-20)43-29(30,31)32/h4-13,15,17H,14,16H2,1-3H3,(H,35,41). The van der Waals surface area contributed by atoms with Crippen molar-refractivity contribution in [3.8, 4) is 28.7 Å². The Bertz CT molecular complexity index is 1690. The highest BCUT2D eigenvalue weighted by molar-refractivity contribution is 8.15. The van der Waals surface area contributed by atoms with Gasteiger partial charge in [0.1, 0.15) is 12.1 Å². The molecule has 228 valence electrons. The van der Waals surface area contributed by atoms with Crippen molar-refractivity contribution < 1.29 is 32.2 Å². The van der Waals surface area contributed by atoms with Crippen LogP contribution in [-0.2, 0) is 4.79 Å². The number of rotatable bonds is 8. The highest BCUT2D eigenvalue weighted by atomic mass is 32.2. The second-order valence-corrected chi connectivity index (χ2v) is 10.8. The van der Waals surface area contributed by atoms with E-state index < -0.39 is 12.4 Å². The molecule has 0 unspecified atom stereocenters. The number of aliphatic imine (C=N–C) groups is 1. The average molecular weight is 626 g/mol. The van der Waals surface area contributed by atoms with Gasteiger partial charge in [-0.05, 0) is 60.4 Å². The van der Waals surface area contributed by atoms with Gasteiger partial charge in [-0.3, -0.25) is 9.69 Å². The zero-order valence-corrected chi connectivity index (χ0v) is 24.5. The van der Waals surface area contributed by atoms with Gasteiger partial charge in [0.25, 0.3) is 0 Å². The van der Waals surface area contributed by atoms with E-state index >= 15 is 0 Å². The van der Waals surface area contributed by atoms with Crippen LogP contribution in [0.15, 0.2) is 72.1 Å². The number of carbonyl (C=O) groups excluding carboxylic acids is 2.